The van der Waals surface area contributed by atoms with Gasteiger partial charge in [0, 0.05) is 12.1 Å². The molecular formula is C20H26N2O3. The third-order valence-corrected chi connectivity index (χ3v) is 4.30. The number of carbonyl (C=O) groups excluding carboxylic acids is 3. The molecule has 2 N–H and O–H groups in total. The molecule has 0 unspecified atom stereocenters. The quantitative estimate of drug-likeness (QED) is 0.655. The summed E-state index contributed by atoms with van der Waals surface area (Å²) in [6.07, 6.45) is 9.21. The van der Waals surface area contributed by atoms with Gasteiger partial charge in [-0.05, 0) is 50.7 Å². The number of rotatable bonds is 3. The zero-order valence-electron chi connectivity index (χ0n) is 14.7. The highest BCUT2D eigenvalue weighted by Gasteiger charge is 2.26. The summed E-state index contributed by atoms with van der Waals surface area (Å²) in [4.78, 5) is 36.9. The second-order valence-corrected chi connectivity index (χ2v) is 6.21. The molecule has 0 aromatic heterocycles. The van der Waals surface area contributed by atoms with Crippen molar-refractivity contribution < 1.29 is 14.4 Å². The maximum Gasteiger partial charge on any atom is 0.289 e. The van der Waals surface area contributed by atoms with Gasteiger partial charge in [-0.3, -0.25) is 14.4 Å². The fourth-order valence-corrected chi connectivity index (χ4v) is 2.94. The first kappa shape index (κ1) is 18.9. The van der Waals surface area contributed by atoms with Crippen LogP contribution in [-0.4, -0.2) is 30.2 Å². The van der Waals surface area contributed by atoms with E-state index in [1.807, 2.05) is 30.4 Å². The molecule has 1 aliphatic rings. The van der Waals surface area contributed by atoms with E-state index in [2.05, 4.69) is 10.6 Å². The molecule has 0 aliphatic carbocycles. The Bertz CT molecular complexity index is 652. The highest BCUT2D eigenvalue weighted by molar-refractivity contribution is 6.38. The van der Waals surface area contributed by atoms with Crippen LogP contribution in [0.1, 0.15) is 54.9 Å². The summed E-state index contributed by atoms with van der Waals surface area (Å²) in [5, 5.41) is 5.26. The Balaban J connectivity index is 2.24. The Morgan fingerprint density at radius 1 is 1.16 bits per heavy atom. The number of benzene rings is 1. The molecule has 134 valence electrons. The van der Waals surface area contributed by atoms with E-state index < -0.39 is 17.7 Å². The standard InChI is InChI=1S/C20H26N2O3/c1-2-21-20(25)18(23)17-14-8-6-4-3-5-7-11-15-12-9-10-13-16(15)19(24)22-17/h6,8-10,12-13,17H,2-5,7,11,14H2,1H3,(H,21,25)(H,22,24)/t17-/m0/s1. The minimum atomic E-state index is -0.843. The first-order chi connectivity index (χ1) is 12.1. The molecular weight excluding hydrogens is 316 g/mol. The van der Waals surface area contributed by atoms with E-state index >= 15 is 0 Å². The highest BCUT2D eigenvalue weighted by Crippen LogP contribution is 2.15. The third kappa shape index (κ3) is 5.55. The number of allylic oxidation sites excluding steroid dienone is 1. The van der Waals surface area contributed by atoms with E-state index in [-0.39, 0.29) is 5.91 Å². The number of likely N-dealkylation sites (N-methyl/N-ethyl adjacent to an activating group) is 1. The van der Waals surface area contributed by atoms with Crippen molar-refractivity contribution in [2.24, 2.45) is 0 Å². The van der Waals surface area contributed by atoms with Gasteiger partial charge in [-0.2, -0.15) is 0 Å². The molecule has 1 aromatic rings. The molecule has 0 saturated carbocycles. The Labute approximate surface area is 148 Å². The minimum absolute atomic E-state index is 0.300. The van der Waals surface area contributed by atoms with Crippen molar-refractivity contribution in [2.75, 3.05) is 6.54 Å². The number of hydrogen-bond donors (Lipinski definition) is 2. The maximum absolute atomic E-state index is 12.7. The van der Waals surface area contributed by atoms with Crippen LogP contribution in [0, 0.1) is 0 Å². The summed E-state index contributed by atoms with van der Waals surface area (Å²) in [6.45, 7) is 2.13. The smallest absolute Gasteiger partial charge is 0.289 e. The zero-order valence-corrected chi connectivity index (χ0v) is 14.7. The van der Waals surface area contributed by atoms with E-state index in [1.165, 1.54) is 0 Å². The fraction of sp³-hybridized carbons (Fsp3) is 0.450. The van der Waals surface area contributed by atoms with Gasteiger partial charge in [0.1, 0.15) is 6.04 Å². The molecule has 0 spiro atoms. The summed E-state index contributed by atoms with van der Waals surface area (Å²) < 4.78 is 0. The molecule has 5 heteroatoms. The van der Waals surface area contributed by atoms with Crippen molar-refractivity contribution in [1.82, 2.24) is 10.6 Å². The van der Waals surface area contributed by atoms with Crippen LogP contribution in [0.4, 0.5) is 0 Å². The van der Waals surface area contributed by atoms with Crippen LogP contribution in [0.5, 0.6) is 0 Å². The highest BCUT2D eigenvalue weighted by atomic mass is 16.2. The molecule has 1 atom stereocenters. The third-order valence-electron chi connectivity index (χ3n) is 4.30. The molecule has 1 aliphatic heterocycles. The van der Waals surface area contributed by atoms with Crippen molar-refractivity contribution in [2.45, 2.75) is 51.5 Å². The SMILES string of the molecule is CCNC(=O)C(=O)[C@@H]1CC=CCCCCCc2ccccc2C(=O)N1. The van der Waals surface area contributed by atoms with Crippen LogP contribution in [-0.2, 0) is 16.0 Å². The summed E-state index contributed by atoms with van der Waals surface area (Å²) >= 11 is 0. The lowest BCUT2D eigenvalue weighted by Gasteiger charge is -2.17. The van der Waals surface area contributed by atoms with Gasteiger partial charge in [0.15, 0.2) is 0 Å². The summed E-state index contributed by atoms with van der Waals surface area (Å²) in [5.41, 5.74) is 1.57. The van der Waals surface area contributed by atoms with E-state index in [0.29, 0.717) is 18.5 Å². The molecule has 0 fully saturated rings. The van der Waals surface area contributed by atoms with Crippen molar-refractivity contribution in [3.63, 3.8) is 0 Å². The van der Waals surface area contributed by atoms with Crippen molar-refractivity contribution >= 4 is 17.6 Å². The molecule has 1 aromatic carbocycles. The van der Waals surface area contributed by atoms with Crippen molar-refractivity contribution in [3.05, 3.63) is 47.5 Å². The number of Topliss-reactive ketones (excluding diaryl/α,β-unsaturated/α-hetero) is 1. The van der Waals surface area contributed by atoms with Gasteiger partial charge in [0.2, 0.25) is 5.78 Å². The monoisotopic (exact) mass is 342 g/mol. The van der Waals surface area contributed by atoms with Crippen LogP contribution < -0.4 is 10.6 Å². The average molecular weight is 342 g/mol. The Kier molecular flexibility index (Phi) is 7.38. The van der Waals surface area contributed by atoms with Gasteiger partial charge in [-0.15, -0.1) is 0 Å². The number of carbonyl (C=O) groups is 3. The number of amides is 2. The van der Waals surface area contributed by atoms with Crippen LogP contribution in [0.25, 0.3) is 0 Å². The Morgan fingerprint density at radius 3 is 2.76 bits per heavy atom. The largest absolute Gasteiger partial charge is 0.350 e. The first-order valence-corrected chi connectivity index (χ1v) is 8.99. The van der Waals surface area contributed by atoms with Crippen molar-refractivity contribution in [3.8, 4) is 0 Å². The van der Waals surface area contributed by atoms with Gasteiger partial charge >= 0.3 is 0 Å². The number of fused-ring (bicyclic) bond motifs is 1. The van der Waals surface area contributed by atoms with Crippen LogP contribution in [0.2, 0.25) is 0 Å². The lowest BCUT2D eigenvalue weighted by atomic mass is 10.00. The number of aryl methyl sites for hydroxylation is 1. The molecule has 0 bridgehead atoms. The number of hydrogen-bond acceptors (Lipinski definition) is 3. The van der Waals surface area contributed by atoms with Gasteiger partial charge in [0.25, 0.3) is 11.8 Å². The molecule has 5 nitrogen and oxygen atoms in total. The Morgan fingerprint density at radius 2 is 1.96 bits per heavy atom. The van der Waals surface area contributed by atoms with Crippen LogP contribution in [0.3, 0.4) is 0 Å². The normalized spacial score (nSPS) is 18.8. The topological polar surface area (TPSA) is 75.3 Å². The van der Waals surface area contributed by atoms with Crippen LogP contribution in [0.15, 0.2) is 36.4 Å². The summed E-state index contributed by atoms with van der Waals surface area (Å²) in [6, 6.07) is 6.62. The van der Waals surface area contributed by atoms with Crippen LogP contribution >= 0.6 is 0 Å². The lowest BCUT2D eigenvalue weighted by molar-refractivity contribution is -0.138. The molecule has 2 amide bonds. The average Bonchev–Trinajstić information content (AvgIpc) is 2.63. The van der Waals surface area contributed by atoms with E-state index in [1.54, 1.807) is 13.0 Å². The molecule has 25 heavy (non-hydrogen) atoms. The minimum Gasteiger partial charge on any atom is -0.350 e. The van der Waals surface area contributed by atoms with Gasteiger partial charge in [-0.25, -0.2) is 0 Å². The second kappa shape index (κ2) is 9.77. The molecule has 1 heterocycles. The van der Waals surface area contributed by atoms with E-state index in [9.17, 15) is 14.4 Å². The maximum atomic E-state index is 12.7. The van der Waals surface area contributed by atoms with Crippen molar-refractivity contribution in [1.29, 1.82) is 0 Å². The van der Waals surface area contributed by atoms with E-state index in [0.717, 1.165) is 37.7 Å². The lowest BCUT2D eigenvalue weighted by Crippen LogP contribution is -2.47. The summed E-state index contributed by atoms with van der Waals surface area (Å²) in [5.74, 6) is -1.56. The molecule has 2 rings (SSSR count). The van der Waals surface area contributed by atoms with Gasteiger partial charge in [-0.1, -0.05) is 36.8 Å². The van der Waals surface area contributed by atoms with Gasteiger partial charge < -0.3 is 10.6 Å². The number of ketones is 1. The Hall–Kier alpha value is -2.43. The predicted octanol–water partition coefficient (Wildman–Crippen LogP) is 2.55. The number of nitrogens with one attached hydrogen (secondary N) is 2. The van der Waals surface area contributed by atoms with Gasteiger partial charge in [0.05, 0.1) is 0 Å². The predicted molar refractivity (Wildman–Crippen MR) is 97.3 cm³/mol. The second-order valence-electron chi connectivity index (χ2n) is 6.21. The first-order valence-electron chi connectivity index (χ1n) is 8.99. The molecule has 0 saturated heterocycles. The fourth-order valence-electron chi connectivity index (χ4n) is 2.94. The zero-order chi connectivity index (χ0) is 18.1. The van der Waals surface area contributed by atoms with E-state index in [4.69, 9.17) is 0 Å². The molecule has 0 radical (unpaired) electrons. The summed E-state index contributed by atoms with van der Waals surface area (Å²) in [7, 11) is 0.